The summed E-state index contributed by atoms with van der Waals surface area (Å²) in [6.45, 7) is 1.13. The van der Waals surface area contributed by atoms with Crippen LogP contribution in [0.25, 0.3) is 0 Å². The van der Waals surface area contributed by atoms with Gasteiger partial charge in [0.2, 0.25) is 0 Å². The number of ether oxygens (including phenoxy) is 2. The van der Waals surface area contributed by atoms with Gasteiger partial charge in [-0.05, 0) is 25.0 Å². The summed E-state index contributed by atoms with van der Waals surface area (Å²) in [7, 11) is 3.31. The first-order chi connectivity index (χ1) is 8.30. The summed E-state index contributed by atoms with van der Waals surface area (Å²) >= 11 is 0. The number of benzene rings is 1. The average molecular weight is 237 g/mol. The van der Waals surface area contributed by atoms with Crippen LogP contribution in [0, 0.1) is 0 Å². The lowest BCUT2D eigenvalue weighted by molar-refractivity contribution is 0.265. The molecule has 0 spiro atoms. The third-order valence-electron chi connectivity index (χ3n) is 3.28. The molecule has 1 aliphatic rings. The molecule has 1 saturated heterocycles. The second kappa shape index (κ2) is 5.27. The molecule has 1 unspecified atom stereocenters. The van der Waals surface area contributed by atoms with E-state index in [1.54, 1.807) is 14.2 Å². The number of rotatable bonds is 4. The Kier molecular flexibility index (Phi) is 3.74. The zero-order valence-electron chi connectivity index (χ0n) is 10.3. The third kappa shape index (κ3) is 2.31. The molecule has 1 aromatic rings. The Balaban J connectivity index is 2.34. The molecule has 0 aromatic heterocycles. The molecule has 2 rings (SSSR count). The molecule has 4 nitrogen and oxygen atoms in total. The van der Waals surface area contributed by atoms with Crippen LogP contribution >= 0.6 is 0 Å². The van der Waals surface area contributed by atoms with Crippen molar-refractivity contribution in [3.05, 3.63) is 18.2 Å². The van der Waals surface area contributed by atoms with Gasteiger partial charge in [-0.15, -0.1) is 0 Å². The van der Waals surface area contributed by atoms with Gasteiger partial charge in [0.25, 0.3) is 0 Å². The van der Waals surface area contributed by atoms with Gasteiger partial charge < -0.3 is 19.5 Å². The van der Waals surface area contributed by atoms with Crippen LogP contribution in [0.2, 0.25) is 0 Å². The molecule has 17 heavy (non-hydrogen) atoms. The Morgan fingerprint density at radius 2 is 2.18 bits per heavy atom. The molecule has 0 amide bonds. The molecule has 0 aliphatic carbocycles. The van der Waals surface area contributed by atoms with Gasteiger partial charge in [0.1, 0.15) is 11.5 Å². The van der Waals surface area contributed by atoms with E-state index >= 15 is 0 Å². The summed E-state index contributed by atoms with van der Waals surface area (Å²) in [5.41, 5.74) is 1.00. The molecule has 1 heterocycles. The topological polar surface area (TPSA) is 41.9 Å². The SMILES string of the molecule is COc1ccc(OC)c(N2CCCC2CO)c1. The van der Waals surface area contributed by atoms with Crippen molar-refractivity contribution < 1.29 is 14.6 Å². The number of anilines is 1. The first-order valence-corrected chi connectivity index (χ1v) is 5.89. The lowest BCUT2D eigenvalue weighted by atomic mass is 10.2. The fourth-order valence-corrected chi connectivity index (χ4v) is 2.36. The smallest absolute Gasteiger partial charge is 0.142 e. The first-order valence-electron chi connectivity index (χ1n) is 5.89. The molecule has 0 saturated carbocycles. The fraction of sp³-hybridized carbons (Fsp3) is 0.538. The Labute approximate surface area is 102 Å². The van der Waals surface area contributed by atoms with Gasteiger partial charge in [-0.1, -0.05) is 0 Å². The maximum absolute atomic E-state index is 9.37. The molecule has 1 N–H and O–H groups in total. The van der Waals surface area contributed by atoms with Gasteiger partial charge in [0, 0.05) is 12.6 Å². The minimum Gasteiger partial charge on any atom is -0.497 e. The number of nitrogens with zero attached hydrogens (tertiary/aromatic N) is 1. The van der Waals surface area contributed by atoms with Gasteiger partial charge >= 0.3 is 0 Å². The molecule has 4 heteroatoms. The molecule has 94 valence electrons. The van der Waals surface area contributed by atoms with Crippen LogP contribution in [0.1, 0.15) is 12.8 Å². The monoisotopic (exact) mass is 237 g/mol. The maximum atomic E-state index is 9.37. The van der Waals surface area contributed by atoms with Crippen LogP contribution in [-0.4, -0.2) is 38.5 Å². The van der Waals surface area contributed by atoms with Crippen molar-refractivity contribution in [3.8, 4) is 11.5 Å². The second-order valence-electron chi connectivity index (χ2n) is 4.21. The molecular weight excluding hydrogens is 218 g/mol. The minimum absolute atomic E-state index is 0.181. The molecule has 1 aliphatic heterocycles. The summed E-state index contributed by atoms with van der Waals surface area (Å²) < 4.78 is 10.6. The number of aliphatic hydroxyl groups is 1. The van der Waals surface area contributed by atoms with E-state index in [4.69, 9.17) is 9.47 Å². The van der Waals surface area contributed by atoms with E-state index in [9.17, 15) is 5.11 Å². The predicted octanol–water partition coefficient (Wildman–Crippen LogP) is 1.66. The fourth-order valence-electron chi connectivity index (χ4n) is 2.36. The number of hydrogen-bond acceptors (Lipinski definition) is 4. The summed E-state index contributed by atoms with van der Waals surface area (Å²) in [4.78, 5) is 2.20. The summed E-state index contributed by atoms with van der Waals surface area (Å²) in [6.07, 6.45) is 2.13. The van der Waals surface area contributed by atoms with Crippen molar-refractivity contribution in [3.63, 3.8) is 0 Å². The van der Waals surface area contributed by atoms with Crippen LogP contribution in [0.5, 0.6) is 11.5 Å². The molecule has 1 atom stereocenters. The van der Waals surface area contributed by atoms with E-state index in [-0.39, 0.29) is 12.6 Å². The molecule has 0 bridgehead atoms. The highest BCUT2D eigenvalue weighted by Crippen LogP contribution is 2.36. The van der Waals surface area contributed by atoms with Gasteiger partial charge in [-0.2, -0.15) is 0 Å². The van der Waals surface area contributed by atoms with Crippen LogP contribution in [0.3, 0.4) is 0 Å². The minimum atomic E-state index is 0.181. The van der Waals surface area contributed by atoms with Crippen molar-refractivity contribution in [1.29, 1.82) is 0 Å². The highest BCUT2D eigenvalue weighted by molar-refractivity contribution is 5.62. The molecular formula is C13H19NO3. The van der Waals surface area contributed by atoms with Gasteiger partial charge in [-0.25, -0.2) is 0 Å². The summed E-state index contributed by atoms with van der Waals surface area (Å²) in [5, 5.41) is 9.37. The van der Waals surface area contributed by atoms with E-state index in [0.29, 0.717) is 0 Å². The standard InChI is InChI=1S/C13H19NO3/c1-16-11-5-6-13(17-2)12(8-11)14-7-3-4-10(14)9-15/h5-6,8,10,15H,3-4,7,9H2,1-2H3. The van der Waals surface area contributed by atoms with Crippen molar-refractivity contribution in [2.75, 3.05) is 32.3 Å². The van der Waals surface area contributed by atoms with Crippen LogP contribution in [0.15, 0.2) is 18.2 Å². The number of aliphatic hydroxyl groups excluding tert-OH is 1. The largest absolute Gasteiger partial charge is 0.497 e. The average Bonchev–Trinajstić information content (AvgIpc) is 2.86. The summed E-state index contributed by atoms with van der Waals surface area (Å²) in [5.74, 6) is 1.63. The van der Waals surface area contributed by atoms with Gasteiger partial charge in [0.15, 0.2) is 0 Å². The second-order valence-corrected chi connectivity index (χ2v) is 4.21. The van der Waals surface area contributed by atoms with Crippen LogP contribution in [-0.2, 0) is 0 Å². The normalized spacial score (nSPS) is 19.5. The summed E-state index contributed by atoms with van der Waals surface area (Å²) in [6, 6.07) is 5.94. The highest BCUT2D eigenvalue weighted by atomic mass is 16.5. The van der Waals surface area contributed by atoms with Crippen molar-refractivity contribution in [1.82, 2.24) is 0 Å². The molecule has 0 radical (unpaired) electrons. The first kappa shape index (κ1) is 12.0. The van der Waals surface area contributed by atoms with Gasteiger partial charge in [-0.3, -0.25) is 0 Å². The van der Waals surface area contributed by atoms with Crippen molar-refractivity contribution in [2.24, 2.45) is 0 Å². The van der Waals surface area contributed by atoms with Gasteiger partial charge in [0.05, 0.1) is 32.6 Å². The Hall–Kier alpha value is -1.42. The molecule has 1 aromatic carbocycles. The van der Waals surface area contributed by atoms with Crippen molar-refractivity contribution in [2.45, 2.75) is 18.9 Å². The van der Waals surface area contributed by atoms with Crippen LogP contribution in [0.4, 0.5) is 5.69 Å². The van der Waals surface area contributed by atoms with E-state index in [2.05, 4.69) is 4.90 Å². The lowest BCUT2D eigenvalue weighted by Gasteiger charge is -2.27. The predicted molar refractivity (Wildman–Crippen MR) is 67.0 cm³/mol. The maximum Gasteiger partial charge on any atom is 0.142 e. The zero-order valence-corrected chi connectivity index (χ0v) is 10.3. The van der Waals surface area contributed by atoms with E-state index in [1.165, 1.54) is 0 Å². The quantitative estimate of drug-likeness (QED) is 0.865. The number of methoxy groups -OCH3 is 2. The van der Waals surface area contributed by atoms with Crippen molar-refractivity contribution >= 4 is 5.69 Å². The van der Waals surface area contributed by atoms with E-state index in [1.807, 2.05) is 18.2 Å². The Morgan fingerprint density at radius 1 is 1.35 bits per heavy atom. The molecule has 1 fully saturated rings. The zero-order chi connectivity index (χ0) is 12.3. The lowest BCUT2D eigenvalue weighted by Crippen LogP contribution is -2.32. The number of hydrogen-bond donors (Lipinski definition) is 1. The van der Waals surface area contributed by atoms with Crippen LogP contribution < -0.4 is 14.4 Å². The highest BCUT2D eigenvalue weighted by Gasteiger charge is 2.26. The van der Waals surface area contributed by atoms with E-state index < -0.39 is 0 Å². The Morgan fingerprint density at radius 3 is 2.82 bits per heavy atom. The third-order valence-corrected chi connectivity index (χ3v) is 3.28. The Bertz CT molecular complexity index is 381. The van der Waals surface area contributed by atoms with E-state index in [0.717, 1.165) is 36.6 Å².